The van der Waals surface area contributed by atoms with Crippen molar-refractivity contribution in [2.75, 3.05) is 18.0 Å². The first-order chi connectivity index (χ1) is 9.19. The van der Waals surface area contributed by atoms with Crippen LogP contribution in [0.3, 0.4) is 0 Å². The fourth-order valence-corrected chi connectivity index (χ4v) is 2.84. The molecule has 2 aromatic rings. The van der Waals surface area contributed by atoms with Crippen LogP contribution in [0.4, 0.5) is 5.82 Å². The average molecular weight is 258 g/mol. The second-order valence-electron chi connectivity index (χ2n) is 5.59. The second kappa shape index (κ2) is 4.83. The molecule has 0 saturated heterocycles. The molecule has 0 bridgehead atoms. The van der Waals surface area contributed by atoms with E-state index in [1.54, 1.807) is 0 Å². The number of fused-ring (bicyclic) bond motifs is 1. The summed E-state index contributed by atoms with van der Waals surface area (Å²) in [6.45, 7) is 6.41. The van der Waals surface area contributed by atoms with E-state index in [0.717, 1.165) is 41.6 Å². The van der Waals surface area contributed by atoms with Gasteiger partial charge in [-0.1, -0.05) is 6.42 Å². The van der Waals surface area contributed by atoms with E-state index in [4.69, 9.17) is 4.98 Å². The first-order valence-corrected chi connectivity index (χ1v) is 7.24. The Bertz CT molecular complexity index is 583. The van der Waals surface area contributed by atoms with Gasteiger partial charge in [-0.3, -0.25) is 4.68 Å². The molecule has 0 spiro atoms. The van der Waals surface area contributed by atoms with Crippen LogP contribution in [0.15, 0.2) is 12.1 Å². The topological polar surface area (TPSA) is 34.0 Å². The average Bonchev–Trinajstić information content (AvgIpc) is 2.64. The van der Waals surface area contributed by atoms with Gasteiger partial charge < -0.3 is 4.90 Å². The Hall–Kier alpha value is -1.58. The Morgan fingerprint density at radius 1 is 1.37 bits per heavy atom. The Labute approximate surface area is 114 Å². The Balaban J connectivity index is 1.91. The largest absolute Gasteiger partial charge is 0.357 e. The van der Waals surface area contributed by atoms with Crippen molar-refractivity contribution >= 4 is 16.9 Å². The number of rotatable bonds is 4. The van der Waals surface area contributed by atoms with Gasteiger partial charge in [0.25, 0.3) is 0 Å². The van der Waals surface area contributed by atoms with Crippen molar-refractivity contribution in [3.05, 3.63) is 17.8 Å². The van der Waals surface area contributed by atoms with Crippen LogP contribution in [-0.4, -0.2) is 27.9 Å². The number of anilines is 1. The zero-order chi connectivity index (χ0) is 13.4. The van der Waals surface area contributed by atoms with Gasteiger partial charge in [-0.25, -0.2) is 4.98 Å². The molecule has 4 nitrogen and oxygen atoms in total. The van der Waals surface area contributed by atoms with Crippen molar-refractivity contribution in [3.8, 4) is 0 Å². The summed E-state index contributed by atoms with van der Waals surface area (Å²) in [5.74, 6) is 1.95. The summed E-state index contributed by atoms with van der Waals surface area (Å²) >= 11 is 0. The lowest BCUT2D eigenvalue weighted by atomic mass is 9.85. The minimum atomic E-state index is 0.866. The fraction of sp³-hybridized carbons (Fsp3) is 0.600. The molecule has 2 heterocycles. The van der Waals surface area contributed by atoms with E-state index in [1.165, 1.54) is 19.3 Å². The van der Waals surface area contributed by atoms with Crippen LogP contribution in [0.2, 0.25) is 0 Å². The summed E-state index contributed by atoms with van der Waals surface area (Å²) in [4.78, 5) is 7.20. The third-order valence-corrected chi connectivity index (χ3v) is 4.27. The summed E-state index contributed by atoms with van der Waals surface area (Å²) in [6, 6.07) is 4.29. The zero-order valence-electron chi connectivity index (χ0n) is 12.1. The summed E-state index contributed by atoms with van der Waals surface area (Å²) in [5, 5.41) is 5.60. The van der Waals surface area contributed by atoms with Gasteiger partial charge in [-0.15, -0.1) is 0 Å². The molecule has 1 aliphatic rings. The highest BCUT2D eigenvalue weighted by molar-refractivity contribution is 5.79. The van der Waals surface area contributed by atoms with Crippen LogP contribution in [-0.2, 0) is 7.05 Å². The molecule has 0 aromatic carbocycles. The minimum absolute atomic E-state index is 0.866. The number of hydrogen-bond donors (Lipinski definition) is 0. The maximum absolute atomic E-state index is 4.80. The van der Waals surface area contributed by atoms with Crippen molar-refractivity contribution in [1.82, 2.24) is 14.8 Å². The fourth-order valence-electron chi connectivity index (χ4n) is 2.84. The van der Waals surface area contributed by atoms with Crippen molar-refractivity contribution in [2.45, 2.75) is 33.1 Å². The SMILES string of the molecule is CCN(CC1CCC1)c1ccc2c(C)nn(C)c2n1. The smallest absolute Gasteiger partial charge is 0.160 e. The van der Waals surface area contributed by atoms with E-state index >= 15 is 0 Å². The number of pyridine rings is 1. The van der Waals surface area contributed by atoms with E-state index in [1.807, 2.05) is 18.7 Å². The van der Waals surface area contributed by atoms with Gasteiger partial charge in [0.15, 0.2) is 5.65 Å². The van der Waals surface area contributed by atoms with Gasteiger partial charge in [0.2, 0.25) is 0 Å². The van der Waals surface area contributed by atoms with E-state index in [9.17, 15) is 0 Å². The molecule has 19 heavy (non-hydrogen) atoms. The summed E-state index contributed by atoms with van der Waals surface area (Å²) in [7, 11) is 1.97. The molecule has 102 valence electrons. The van der Waals surface area contributed by atoms with Crippen LogP contribution in [0.25, 0.3) is 11.0 Å². The maximum Gasteiger partial charge on any atom is 0.160 e. The first-order valence-electron chi connectivity index (χ1n) is 7.24. The van der Waals surface area contributed by atoms with Crippen molar-refractivity contribution < 1.29 is 0 Å². The molecule has 3 rings (SSSR count). The number of aryl methyl sites for hydroxylation is 2. The van der Waals surface area contributed by atoms with Crippen LogP contribution in [0, 0.1) is 12.8 Å². The van der Waals surface area contributed by atoms with Gasteiger partial charge >= 0.3 is 0 Å². The molecule has 1 fully saturated rings. The molecule has 1 saturated carbocycles. The van der Waals surface area contributed by atoms with E-state index in [2.05, 4.69) is 29.1 Å². The number of hydrogen-bond acceptors (Lipinski definition) is 3. The molecule has 0 atom stereocenters. The third kappa shape index (κ3) is 2.20. The Kier molecular flexibility index (Phi) is 3.17. The number of nitrogens with zero attached hydrogens (tertiary/aromatic N) is 4. The normalized spacial score (nSPS) is 15.7. The van der Waals surface area contributed by atoms with Gasteiger partial charge in [-0.05, 0) is 44.7 Å². The molecular weight excluding hydrogens is 236 g/mol. The molecule has 1 aliphatic carbocycles. The predicted molar refractivity (Wildman–Crippen MR) is 78.5 cm³/mol. The van der Waals surface area contributed by atoms with E-state index in [0.29, 0.717) is 0 Å². The Morgan fingerprint density at radius 3 is 2.79 bits per heavy atom. The zero-order valence-corrected chi connectivity index (χ0v) is 12.1. The molecule has 0 aliphatic heterocycles. The maximum atomic E-state index is 4.80. The summed E-state index contributed by atoms with van der Waals surface area (Å²) < 4.78 is 1.88. The quantitative estimate of drug-likeness (QED) is 0.845. The second-order valence-corrected chi connectivity index (χ2v) is 5.59. The molecule has 0 amide bonds. The lowest BCUT2D eigenvalue weighted by Gasteiger charge is -2.32. The highest BCUT2D eigenvalue weighted by atomic mass is 15.3. The number of aromatic nitrogens is 3. The third-order valence-electron chi connectivity index (χ3n) is 4.27. The molecule has 0 N–H and O–H groups in total. The van der Waals surface area contributed by atoms with Crippen LogP contribution in [0.1, 0.15) is 31.9 Å². The lowest BCUT2D eigenvalue weighted by Crippen LogP contribution is -2.33. The predicted octanol–water partition coefficient (Wildman–Crippen LogP) is 2.90. The highest BCUT2D eigenvalue weighted by Crippen LogP contribution is 2.29. The molecule has 0 unspecified atom stereocenters. The van der Waals surface area contributed by atoms with Gasteiger partial charge in [0.05, 0.1) is 5.69 Å². The molecule has 0 radical (unpaired) electrons. The van der Waals surface area contributed by atoms with Crippen LogP contribution >= 0.6 is 0 Å². The lowest BCUT2D eigenvalue weighted by molar-refractivity contribution is 0.318. The van der Waals surface area contributed by atoms with Gasteiger partial charge in [0.1, 0.15) is 5.82 Å². The van der Waals surface area contributed by atoms with Gasteiger partial charge in [-0.2, -0.15) is 5.10 Å². The van der Waals surface area contributed by atoms with Crippen molar-refractivity contribution in [1.29, 1.82) is 0 Å². The van der Waals surface area contributed by atoms with Crippen molar-refractivity contribution in [3.63, 3.8) is 0 Å². The summed E-state index contributed by atoms with van der Waals surface area (Å²) in [6.07, 6.45) is 4.16. The molecule has 4 heteroatoms. The molecule has 2 aromatic heterocycles. The van der Waals surface area contributed by atoms with E-state index in [-0.39, 0.29) is 0 Å². The van der Waals surface area contributed by atoms with Crippen LogP contribution < -0.4 is 4.90 Å². The highest BCUT2D eigenvalue weighted by Gasteiger charge is 2.21. The Morgan fingerprint density at radius 2 is 2.16 bits per heavy atom. The minimum Gasteiger partial charge on any atom is -0.357 e. The first kappa shape index (κ1) is 12.5. The van der Waals surface area contributed by atoms with Gasteiger partial charge in [0, 0.05) is 25.5 Å². The standard InChI is InChI=1S/C15H22N4/c1-4-19(10-12-6-5-7-12)14-9-8-13-11(2)17-18(3)15(13)16-14/h8-9,12H,4-7,10H2,1-3H3. The summed E-state index contributed by atoms with van der Waals surface area (Å²) in [5.41, 5.74) is 2.04. The monoisotopic (exact) mass is 258 g/mol. The van der Waals surface area contributed by atoms with Crippen LogP contribution in [0.5, 0.6) is 0 Å². The molecular formula is C15H22N4. The van der Waals surface area contributed by atoms with Crippen molar-refractivity contribution in [2.24, 2.45) is 13.0 Å². The van der Waals surface area contributed by atoms with E-state index < -0.39 is 0 Å².